The molecule has 0 radical (unpaired) electrons. The highest BCUT2D eigenvalue weighted by molar-refractivity contribution is 7.89. The maximum Gasteiger partial charge on any atom is 0.327 e. The molecule has 3 heterocycles. The van der Waals surface area contributed by atoms with Crippen molar-refractivity contribution in [3.63, 3.8) is 0 Å². The molecule has 0 aromatic heterocycles. The highest BCUT2D eigenvalue weighted by Gasteiger charge is 2.46. The minimum absolute atomic E-state index is 0.0114. The Morgan fingerprint density at radius 2 is 1.58 bits per heavy atom. The van der Waals surface area contributed by atoms with E-state index >= 15 is 0 Å². The van der Waals surface area contributed by atoms with E-state index in [1.807, 2.05) is 24.3 Å². The first-order valence-corrected chi connectivity index (χ1v) is 14.3. The number of carbonyl (C=O) groups excluding carboxylic acids is 2. The average Bonchev–Trinajstić information content (AvgIpc) is 3.45. The fourth-order valence-electron chi connectivity index (χ4n) is 5.67. The quantitative estimate of drug-likeness (QED) is 0.398. The highest BCUT2D eigenvalue weighted by atomic mass is 32.2. The van der Waals surface area contributed by atoms with Gasteiger partial charge in [-0.25, -0.2) is 17.5 Å². The maximum atomic E-state index is 12.8. The molecule has 0 spiro atoms. The predicted molar refractivity (Wildman–Crippen MR) is 140 cm³/mol. The molecule has 0 bridgehead atoms. The second-order valence-corrected chi connectivity index (χ2v) is 12.2. The molecule has 1 atom stereocenters. The van der Waals surface area contributed by atoms with Gasteiger partial charge in [-0.15, -0.1) is 0 Å². The van der Waals surface area contributed by atoms with E-state index in [0.717, 1.165) is 74.9 Å². The maximum absolute atomic E-state index is 12.8. The van der Waals surface area contributed by atoms with Crippen molar-refractivity contribution in [2.75, 3.05) is 64.8 Å². The minimum Gasteiger partial charge on any atom is -0.368 e. The summed E-state index contributed by atoms with van der Waals surface area (Å²) in [5.74, 6) is -0.0114. The van der Waals surface area contributed by atoms with Crippen molar-refractivity contribution in [2.45, 2.75) is 36.6 Å². The van der Waals surface area contributed by atoms with E-state index in [1.54, 1.807) is 25.1 Å². The molecule has 5 rings (SSSR count). The Hall–Kier alpha value is -2.69. The topological polar surface area (TPSA) is 84.5 Å². The molecule has 2 aromatic carbocycles. The molecule has 3 aliphatic heterocycles. The van der Waals surface area contributed by atoms with E-state index in [0.29, 0.717) is 18.0 Å². The van der Waals surface area contributed by atoms with Gasteiger partial charge in [0.25, 0.3) is 5.91 Å². The van der Waals surface area contributed by atoms with Crippen LogP contribution in [0.1, 0.15) is 25.7 Å². The smallest absolute Gasteiger partial charge is 0.327 e. The standard InChI is InChI=1S/C26H35N5O4S/c1-27(2)36(34,35)24-12-6-8-20-21(24)9-5-10-22(20)29-18-16-28(17-19-29)13-3-4-14-31-25(32)23-11-7-15-30(23)26(31)33/h5-6,8-10,12,23H,3-4,7,11,13-19H2,1-2H3. The van der Waals surface area contributed by atoms with Crippen LogP contribution in [-0.2, 0) is 14.8 Å². The Morgan fingerprint density at radius 1 is 0.889 bits per heavy atom. The van der Waals surface area contributed by atoms with Crippen LogP contribution >= 0.6 is 0 Å². The number of hydrogen-bond donors (Lipinski definition) is 0. The van der Waals surface area contributed by atoms with Gasteiger partial charge < -0.3 is 9.80 Å². The number of hydrogen-bond acceptors (Lipinski definition) is 6. The third-order valence-corrected chi connectivity index (χ3v) is 9.59. The second-order valence-electron chi connectivity index (χ2n) is 10.1. The van der Waals surface area contributed by atoms with E-state index in [-0.39, 0.29) is 18.0 Å². The van der Waals surface area contributed by atoms with E-state index in [9.17, 15) is 18.0 Å². The monoisotopic (exact) mass is 513 g/mol. The Bertz CT molecular complexity index is 1230. The minimum atomic E-state index is -3.53. The SMILES string of the molecule is CN(C)S(=O)(=O)c1cccc2c(N3CCN(CCCCN4C(=O)C5CCCN5C4=O)CC3)cccc12. The summed E-state index contributed by atoms with van der Waals surface area (Å²) in [6.45, 7) is 5.73. The van der Waals surface area contributed by atoms with Gasteiger partial charge in [0.1, 0.15) is 6.04 Å². The van der Waals surface area contributed by atoms with Gasteiger partial charge in [0.2, 0.25) is 10.0 Å². The van der Waals surface area contributed by atoms with Gasteiger partial charge >= 0.3 is 6.03 Å². The molecule has 0 N–H and O–H groups in total. The number of anilines is 1. The normalized spacial score (nSPS) is 21.3. The van der Waals surface area contributed by atoms with Crippen LogP contribution in [-0.4, -0.2) is 105 Å². The highest BCUT2D eigenvalue weighted by Crippen LogP contribution is 2.32. The molecule has 3 aliphatic rings. The Labute approximate surface area is 213 Å². The van der Waals surface area contributed by atoms with Crippen LogP contribution in [0, 0.1) is 0 Å². The number of urea groups is 1. The first-order chi connectivity index (χ1) is 17.3. The number of unbranched alkanes of at least 4 members (excludes halogenated alkanes) is 1. The molecule has 9 nitrogen and oxygen atoms in total. The van der Waals surface area contributed by atoms with Gasteiger partial charge in [0, 0.05) is 69.8 Å². The number of fused-ring (bicyclic) bond motifs is 2. The van der Waals surface area contributed by atoms with Crippen molar-refractivity contribution in [1.82, 2.24) is 19.0 Å². The average molecular weight is 514 g/mol. The third-order valence-electron chi connectivity index (χ3n) is 7.72. The summed E-state index contributed by atoms with van der Waals surface area (Å²) < 4.78 is 26.9. The van der Waals surface area contributed by atoms with Gasteiger partial charge in [0.15, 0.2) is 0 Å². The summed E-state index contributed by atoms with van der Waals surface area (Å²) in [6.07, 6.45) is 3.50. The van der Waals surface area contributed by atoms with Crippen molar-refractivity contribution in [3.8, 4) is 0 Å². The fraction of sp³-hybridized carbons (Fsp3) is 0.538. The summed E-state index contributed by atoms with van der Waals surface area (Å²) in [5, 5.41) is 1.70. The lowest BCUT2D eigenvalue weighted by Crippen LogP contribution is -2.46. The number of imide groups is 1. The number of nitrogens with zero attached hydrogens (tertiary/aromatic N) is 5. The van der Waals surface area contributed by atoms with Crippen molar-refractivity contribution in [2.24, 2.45) is 0 Å². The third kappa shape index (κ3) is 4.46. The van der Waals surface area contributed by atoms with E-state index in [2.05, 4.69) is 15.9 Å². The Morgan fingerprint density at radius 3 is 2.31 bits per heavy atom. The summed E-state index contributed by atoms with van der Waals surface area (Å²) in [7, 11) is -0.419. The van der Waals surface area contributed by atoms with Crippen molar-refractivity contribution in [1.29, 1.82) is 0 Å². The van der Waals surface area contributed by atoms with Crippen molar-refractivity contribution < 1.29 is 18.0 Å². The molecule has 1 unspecified atom stereocenters. The zero-order valence-corrected chi connectivity index (χ0v) is 21.9. The molecule has 0 saturated carbocycles. The second kappa shape index (κ2) is 9.99. The van der Waals surface area contributed by atoms with Crippen LogP contribution in [0.5, 0.6) is 0 Å². The molecule has 0 aliphatic carbocycles. The molecular formula is C26H35N5O4S. The van der Waals surface area contributed by atoms with Crippen LogP contribution in [0.4, 0.5) is 10.5 Å². The van der Waals surface area contributed by atoms with Gasteiger partial charge in [-0.3, -0.25) is 14.6 Å². The lowest BCUT2D eigenvalue weighted by Gasteiger charge is -2.36. The number of rotatable bonds is 8. The summed E-state index contributed by atoms with van der Waals surface area (Å²) >= 11 is 0. The van der Waals surface area contributed by atoms with E-state index in [1.165, 1.54) is 9.21 Å². The van der Waals surface area contributed by atoms with Gasteiger partial charge in [-0.1, -0.05) is 24.3 Å². The van der Waals surface area contributed by atoms with Crippen LogP contribution in [0.2, 0.25) is 0 Å². The molecular weight excluding hydrogens is 478 g/mol. The Balaban J connectivity index is 1.16. The van der Waals surface area contributed by atoms with Gasteiger partial charge in [-0.05, 0) is 44.4 Å². The fourth-order valence-corrected chi connectivity index (χ4v) is 6.77. The van der Waals surface area contributed by atoms with Crippen LogP contribution in [0.25, 0.3) is 10.8 Å². The van der Waals surface area contributed by atoms with Crippen molar-refractivity contribution >= 4 is 38.4 Å². The summed E-state index contributed by atoms with van der Waals surface area (Å²) in [4.78, 5) is 33.2. The molecule has 10 heteroatoms. The number of carbonyl (C=O) groups is 2. The predicted octanol–water partition coefficient (Wildman–Crippen LogP) is 2.42. The summed E-state index contributed by atoms with van der Waals surface area (Å²) in [5.41, 5.74) is 1.06. The van der Waals surface area contributed by atoms with Crippen molar-refractivity contribution in [3.05, 3.63) is 36.4 Å². The van der Waals surface area contributed by atoms with Crippen LogP contribution in [0.3, 0.4) is 0 Å². The lowest BCUT2D eigenvalue weighted by atomic mass is 10.1. The molecule has 3 saturated heterocycles. The van der Waals surface area contributed by atoms with E-state index < -0.39 is 10.0 Å². The molecule has 194 valence electrons. The van der Waals surface area contributed by atoms with Crippen LogP contribution < -0.4 is 4.90 Å². The Kier molecular flexibility index (Phi) is 6.93. The lowest BCUT2D eigenvalue weighted by molar-refractivity contribution is -0.128. The number of benzene rings is 2. The molecule has 3 fully saturated rings. The number of amides is 3. The number of piperazine rings is 1. The number of sulfonamides is 1. The van der Waals surface area contributed by atoms with Gasteiger partial charge in [-0.2, -0.15) is 0 Å². The largest absolute Gasteiger partial charge is 0.368 e. The first kappa shape index (κ1) is 25.0. The zero-order chi connectivity index (χ0) is 25.4. The molecule has 2 aromatic rings. The van der Waals surface area contributed by atoms with E-state index in [4.69, 9.17) is 0 Å². The van der Waals surface area contributed by atoms with Crippen LogP contribution in [0.15, 0.2) is 41.3 Å². The zero-order valence-electron chi connectivity index (χ0n) is 21.1. The molecule has 3 amide bonds. The molecule has 36 heavy (non-hydrogen) atoms. The van der Waals surface area contributed by atoms with Gasteiger partial charge in [0.05, 0.1) is 4.90 Å². The summed E-state index contributed by atoms with van der Waals surface area (Å²) in [6, 6.07) is 11.1. The first-order valence-electron chi connectivity index (χ1n) is 12.8.